The summed E-state index contributed by atoms with van der Waals surface area (Å²) < 4.78 is 12.0. The van der Waals surface area contributed by atoms with Crippen LogP contribution in [0.1, 0.15) is 21.5 Å². The van der Waals surface area contributed by atoms with Crippen molar-refractivity contribution in [2.75, 3.05) is 5.32 Å². The van der Waals surface area contributed by atoms with Crippen LogP contribution >= 0.6 is 11.6 Å². The first-order valence-corrected chi connectivity index (χ1v) is 16.1. The van der Waals surface area contributed by atoms with Crippen LogP contribution in [-0.2, 0) is 17.8 Å². The minimum absolute atomic E-state index is 0.0875. The zero-order chi connectivity index (χ0) is 34.0. The molecule has 0 aromatic heterocycles. The van der Waals surface area contributed by atoms with Gasteiger partial charge in [-0.1, -0.05) is 103 Å². The van der Waals surface area contributed by atoms with Gasteiger partial charge in [0.15, 0.2) is 0 Å². The third-order valence-electron chi connectivity index (χ3n) is 7.78. The molecule has 6 rings (SSSR count). The van der Waals surface area contributed by atoms with Crippen LogP contribution in [0.25, 0.3) is 11.1 Å². The Morgan fingerprint density at radius 1 is 0.653 bits per heavy atom. The van der Waals surface area contributed by atoms with Gasteiger partial charge in [-0.05, 0) is 77.4 Å². The molecule has 0 aliphatic heterocycles. The van der Waals surface area contributed by atoms with Gasteiger partial charge in [-0.15, -0.1) is 0 Å². The van der Waals surface area contributed by atoms with Crippen molar-refractivity contribution in [3.8, 4) is 34.1 Å². The number of benzene rings is 6. The maximum atomic E-state index is 13.5. The minimum Gasteiger partial charge on any atom is -0.480 e. The van der Waals surface area contributed by atoms with E-state index >= 15 is 0 Å². The first-order chi connectivity index (χ1) is 23.9. The van der Waals surface area contributed by atoms with Gasteiger partial charge in [-0.2, -0.15) is 0 Å². The van der Waals surface area contributed by atoms with Crippen LogP contribution in [-0.4, -0.2) is 23.0 Å². The molecule has 1 atom stereocenters. The van der Waals surface area contributed by atoms with Gasteiger partial charge in [-0.25, -0.2) is 4.79 Å². The molecule has 7 nitrogen and oxygen atoms in total. The van der Waals surface area contributed by atoms with Crippen LogP contribution in [0, 0.1) is 0 Å². The van der Waals surface area contributed by atoms with Crippen LogP contribution in [0.5, 0.6) is 23.0 Å². The highest BCUT2D eigenvalue weighted by molar-refractivity contribution is 6.31. The number of carboxylic acids is 1. The summed E-state index contributed by atoms with van der Waals surface area (Å²) in [5, 5.41) is 16.4. The molecule has 8 heteroatoms. The van der Waals surface area contributed by atoms with E-state index in [-0.39, 0.29) is 12.0 Å². The maximum Gasteiger partial charge on any atom is 0.326 e. The molecule has 0 unspecified atom stereocenters. The largest absolute Gasteiger partial charge is 0.480 e. The number of carboxylic acid groups (broad SMARTS) is 1. The van der Waals surface area contributed by atoms with Crippen molar-refractivity contribution in [2.45, 2.75) is 19.0 Å². The fourth-order valence-corrected chi connectivity index (χ4v) is 5.43. The average Bonchev–Trinajstić information content (AvgIpc) is 3.13. The van der Waals surface area contributed by atoms with E-state index in [0.717, 1.165) is 33.8 Å². The summed E-state index contributed by atoms with van der Waals surface area (Å²) in [5.74, 6) is 1.20. The van der Waals surface area contributed by atoms with Gasteiger partial charge in [0.05, 0.1) is 5.56 Å². The van der Waals surface area contributed by atoms with Crippen molar-refractivity contribution in [3.63, 3.8) is 0 Å². The van der Waals surface area contributed by atoms with Crippen molar-refractivity contribution in [2.24, 2.45) is 0 Å². The summed E-state index contributed by atoms with van der Waals surface area (Å²) in [5.41, 5.74) is 4.30. The number of ether oxygens (including phenoxy) is 2. The number of aliphatic carboxylic acids is 1. The Kier molecular flexibility index (Phi) is 10.5. The lowest BCUT2D eigenvalue weighted by molar-refractivity contribution is -0.139. The lowest BCUT2D eigenvalue weighted by Gasteiger charge is -2.18. The zero-order valence-electron chi connectivity index (χ0n) is 26.4. The first kappa shape index (κ1) is 32.9. The van der Waals surface area contributed by atoms with Gasteiger partial charge in [0, 0.05) is 29.2 Å². The number of carbonyl (C=O) groups excluding carboxylic acids is 1. The van der Waals surface area contributed by atoms with Gasteiger partial charge >= 0.3 is 5.97 Å². The third-order valence-corrected chi connectivity index (χ3v) is 8.01. The molecule has 0 saturated heterocycles. The molecule has 0 radical (unpaired) electrons. The summed E-state index contributed by atoms with van der Waals surface area (Å²) in [4.78, 5) is 25.8. The monoisotopic (exact) mass is 668 g/mol. The first-order valence-electron chi connectivity index (χ1n) is 15.7. The molecule has 0 aliphatic carbocycles. The molecule has 244 valence electrons. The van der Waals surface area contributed by atoms with E-state index in [0.29, 0.717) is 28.8 Å². The van der Waals surface area contributed by atoms with Gasteiger partial charge < -0.3 is 25.2 Å². The lowest BCUT2D eigenvalue weighted by atomic mass is 9.99. The quantitative estimate of drug-likeness (QED) is 0.113. The van der Waals surface area contributed by atoms with Gasteiger partial charge in [0.2, 0.25) is 0 Å². The molecule has 0 bridgehead atoms. The van der Waals surface area contributed by atoms with Crippen molar-refractivity contribution in [3.05, 3.63) is 173 Å². The van der Waals surface area contributed by atoms with Crippen LogP contribution in [0.3, 0.4) is 0 Å². The second kappa shape index (κ2) is 15.7. The number of carbonyl (C=O) groups is 2. The highest BCUT2D eigenvalue weighted by Gasteiger charge is 2.23. The van der Waals surface area contributed by atoms with Gasteiger partial charge in [0.1, 0.15) is 29.0 Å². The SMILES string of the molecule is O=C(N[C@@H](Cc1ccc(-c2ccccc2Oc2ccccc2)cc1)C(=O)O)c1cc(Cl)ccc1NCc1ccc(Oc2ccccc2)cc1. The molecule has 3 N–H and O–H groups in total. The van der Waals surface area contributed by atoms with Crippen molar-refractivity contribution in [1.82, 2.24) is 5.32 Å². The Bertz CT molecular complexity index is 2020. The number of anilines is 1. The molecule has 0 aliphatic rings. The number of halogens is 1. The Hall–Kier alpha value is -6.05. The Morgan fingerprint density at radius 2 is 1.24 bits per heavy atom. The molecule has 6 aromatic rings. The predicted octanol–water partition coefficient (Wildman–Crippen LogP) is 9.63. The fourth-order valence-electron chi connectivity index (χ4n) is 5.26. The normalized spacial score (nSPS) is 11.3. The number of nitrogens with one attached hydrogen (secondary N) is 2. The van der Waals surface area contributed by atoms with E-state index in [1.54, 1.807) is 12.1 Å². The van der Waals surface area contributed by atoms with Crippen molar-refractivity contribution < 1.29 is 24.2 Å². The highest BCUT2D eigenvalue weighted by Crippen LogP contribution is 2.33. The summed E-state index contributed by atoms with van der Waals surface area (Å²) >= 11 is 6.27. The standard InChI is InChI=1S/C41H33ClN2O5/c42-31-21-24-37(43-27-29-17-22-34(23-18-29)48-32-9-3-1-4-10-32)36(26-31)40(45)44-38(41(46)47)25-28-15-19-30(20-16-28)35-13-7-8-14-39(35)49-33-11-5-2-6-12-33/h1-24,26,38,43H,25,27H2,(H,44,45)(H,46,47)/t38-/m0/s1. The van der Waals surface area contributed by atoms with Crippen LogP contribution < -0.4 is 20.1 Å². The number of hydrogen-bond donors (Lipinski definition) is 3. The van der Waals surface area contributed by atoms with Crippen molar-refractivity contribution in [1.29, 1.82) is 0 Å². The average molecular weight is 669 g/mol. The second-order valence-corrected chi connectivity index (χ2v) is 11.7. The zero-order valence-corrected chi connectivity index (χ0v) is 27.1. The van der Waals surface area contributed by atoms with Crippen LogP contribution in [0.4, 0.5) is 5.69 Å². The number of rotatable bonds is 13. The van der Waals surface area contributed by atoms with E-state index in [9.17, 15) is 14.7 Å². The van der Waals surface area contributed by atoms with Crippen LogP contribution in [0.15, 0.2) is 152 Å². The minimum atomic E-state index is -1.17. The van der Waals surface area contributed by atoms with Crippen LogP contribution in [0.2, 0.25) is 5.02 Å². The topological polar surface area (TPSA) is 96.9 Å². The molecule has 6 aromatic carbocycles. The number of hydrogen-bond acceptors (Lipinski definition) is 5. The molecule has 0 saturated carbocycles. The fraction of sp³-hybridized carbons (Fsp3) is 0.0732. The summed E-state index contributed by atoms with van der Waals surface area (Å²) in [6.07, 6.45) is 0.0875. The van der Waals surface area contributed by atoms with Crippen molar-refractivity contribution >= 4 is 29.2 Å². The van der Waals surface area contributed by atoms with Gasteiger partial charge in [0.25, 0.3) is 5.91 Å². The molecular weight excluding hydrogens is 636 g/mol. The summed E-state index contributed by atoms with van der Waals surface area (Å²) in [6.45, 7) is 0.418. The Balaban J connectivity index is 1.11. The van der Waals surface area contributed by atoms with Gasteiger partial charge in [-0.3, -0.25) is 4.79 Å². The van der Waals surface area contributed by atoms with E-state index < -0.39 is 17.9 Å². The Labute approximate surface area is 289 Å². The van der Waals surface area contributed by atoms with E-state index in [2.05, 4.69) is 10.6 Å². The summed E-state index contributed by atoms with van der Waals surface area (Å²) in [7, 11) is 0. The molecule has 49 heavy (non-hydrogen) atoms. The van der Waals surface area contributed by atoms with E-state index in [1.165, 1.54) is 6.07 Å². The third kappa shape index (κ3) is 8.86. The highest BCUT2D eigenvalue weighted by atomic mass is 35.5. The Morgan fingerprint density at radius 3 is 1.92 bits per heavy atom. The predicted molar refractivity (Wildman–Crippen MR) is 193 cm³/mol. The number of amides is 1. The molecule has 0 heterocycles. The molecule has 0 spiro atoms. The molecule has 0 fully saturated rings. The van der Waals surface area contributed by atoms with E-state index in [4.69, 9.17) is 21.1 Å². The molecule has 1 amide bonds. The smallest absolute Gasteiger partial charge is 0.326 e. The lowest BCUT2D eigenvalue weighted by Crippen LogP contribution is -2.42. The second-order valence-electron chi connectivity index (χ2n) is 11.3. The number of para-hydroxylation sites is 3. The van der Waals surface area contributed by atoms with E-state index in [1.807, 2.05) is 133 Å². The summed E-state index contributed by atoms with van der Waals surface area (Å²) in [6, 6.07) is 45.7. The molecular formula is C41H33ClN2O5. The maximum absolute atomic E-state index is 13.5.